The third kappa shape index (κ3) is 4.14. The van der Waals surface area contributed by atoms with Gasteiger partial charge in [-0.1, -0.05) is 25.0 Å². The van der Waals surface area contributed by atoms with Gasteiger partial charge in [0, 0.05) is 11.9 Å². The van der Waals surface area contributed by atoms with Gasteiger partial charge in [0.05, 0.1) is 20.0 Å². The molecule has 2 aliphatic carbocycles. The average Bonchev–Trinajstić information content (AvgIpc) is 2.45. The SMILES string of the molecule is C[NH+](C)CCOC(=O)[C@H]1CC2=C(C[C@@H]1C(=O)[O-])C(C)(C)CCC2. The van der Waals surface area contributed by atoms with Crippen LogP contribution in [0.2, 0.25) is 0 Å². The Kier molecular flexibility index (Phi) is 5.50. The van der Waals surface area contributed by atoms with E-state index in [2.05, 4.69) is 13.8 Å². The van der Waals surface area contributed by atoms with Crippen molar-refractivity contribution in [2.45, 2.75) is 46.0 Å². The molecule has 0 fully saturated rings. The molecule has 0 unspecified atom stereocenters. The summed E-state index contributed by atoms with van der Waals surface area (Å²) >= 11 is 0. The molecule has 130 valence electrons. The fourth-order valence-corrected chi connectivity index (χ4v) is 3.90. The highest BCUT2D eigenvalue weighted by Crippen LogP contribution is 2.49. The zero-order valence-corrected chi connectivity index (χ0v) is 14.7. The second-order valence-electron chi connectivity index (χ2n) is 7.88. The van der Waals surface area contributed by atoms with Crippen molar-refractivity contribution in [3.63, 3.8) is 0 Å². The molecule has 0 bridgehead atoms. The van der Waals surface area contributed by atoms with Crippen LogP contribution < -0.4 is 10.0 Å². The van der Waals surface area contributed by atoms with Gasteiger partial charge in [-0.3, -0.25) is 4.79 Å². The topological polar surface area (TPSA) is 70.9 Å². The van der Waals surface area contributed by atoms with Crippen LogP contribution in [0.5, 0.6) is 0 Å². The number of likely N-dealkylation sites (N-methyl/N-ethyl adjacent to an activating group) is 1. The molecule has 5 nitrogen and oxygen atoms in total. The van der Waals surface area contributed by atoms with E-state index in [0.717, 1.165) is 25.8 Å². The zero-order valence-electron chi connectivity index (χ0n) is 14.7. The molecule has 0 aliphatic heterocycles. The number of carboxylic acids is 1. The number of aliphatic carboxylic acids is 1. The summed E-state index contributed by atoms with van der Waals surface area (Å²) in [6.07, 6.45) is 4.11. The lowest BCUT2D eigenvalue weighted by Crippen LogP contribution is -3.06. The molecule has 0 radical (unpaired) electrons. The molecular weight excluding hydrogens is 294 g/mol. The summed E-state index contributed by atoms with van der Waals surface area (Å²) in [5, 5.41) is 11.6. The fraction of sp³-hybridized carbons (Fsp3) is 0.778. The largest absolute Gasteiger partial charge is 0.550 e. The highest BCUT2D eigenvalue weighted by atomic mass is 16.5. The van der Waals surface area contributed by atoms with Crippen molar-refractivity contribution in [1.82, 2.24) is 0 Å². The van der Waals surface area contributed by atoms with E-state index in [1.165, 1.54) is 16.0 Å². The number of hydrogen-bond acceptors (Lipinski definition) is 4. The molecule has 0 spiro atoms. The van der Waals surface area contributed by atoms with Crippen LogP contribution in [0.3, 0.4) is 0 Å². The van der Waals surface area contributed by atoms with Gasteiger partial charge in [-0.15, -0.1) is 0 Å². The molecule has 0 aromatic rings. The average molecular weight is 323 g/mol. The highest BCUT2D eigenvalue weighted by molar-refractivity contribution is 5.81. The van der Waals surface area contributed by atoms with Gasteiger partial charge >= 0.3 is 5.97 Å². The minimum absolute atomic E-state index is 0.0322. The van der Waals surface area contributed by atoms with E-state index in [0.29, 0.717) is 19.4 Å². The van der Waals surface area contributed by atoms with Gasteiger partial charge in [-0.2, -0.15) is 0 Å². The van der Waals surface area contributed by atoms with E-state index in [1.54, 1.807) is 0 Å². The highest BCUT2D eigenvalue weighted by Gasteiger charge is 2.41. The molecule has 0 saturated heterocycles. The third-order valence-corrected chi connectivity index (χ3v) is 5.35. The fourth-order valence-electron chi connectivity index (χ4n) is 3.90. The lowest BCUT2D eigenvalue weighted by Gasteiger charge is -2.43. The van der Waals surface area contributed by atoms with Gasteiger partial charge < -0.3 is 19.5 Å². The van der Waals surface area contributed by atoms with Crippen molar-refractivity contribution >= 4 is 11.9 Å². The summed E-state index contributed by atoms with van der Waals surface area (Å²) in [6.45, 7) is 5.39. The molecular formula is C18H29NO4. The predicted molar refractivity (Wildman–Crippen MR) is 84.5 cm³/mol. The summed E-state index contributed by atoms with van der Waals surface area (Å²) in [5.41, 5.74) is 2.54. The van der Waals surface area contributed by atoms with Crippen LogP contribution in [0, 0.1) is 17.3 Å². The van der Waals surface area contributed by atoms with E-state index >= 15 is 0 Å². The minimum Gasteiger partial charge on any atom is -0.550 e. The molecule has 0 amide bonds. The Balaban J connectivity index is 2.14. The lowest BCUT2D eigenvalue weighted by molar-refractivity contribution is -0.858. The summed E-state index contributed by atoms with van der Waals surface area (Å²) in [5.74, 6) is -2.86. The number of quaternary nitrogens is 1. The number of allylic oxidation sites excluding steroid dienone is 2. The third-order valence-electron chi connectivity index (χ3n) is 5.35. The maximum absolute atomic E-state index is 12.4. The number of nitrogens with one attached hydrogen (secondary N) is 1. The number of carboxylic acid groups (broad SMARTS) is 1. The summed E-state index contributed by atoms with van der Waals surface area (Å²) in [4.78, 5) is 25.2. The summed E-state index contributed by atoms with van der Waals surface area (Å²) in [6, 6.07) is 0. The zero-order chi connectivity index (χ0) is 17.2. The lowest BCUT2D eigenvalue weighted by atomic mass is 9.63. The van der Waals surface area contributed by atoms with Crippen molar-refractivity contribution in [2.24, 2.45) is 17.3 Å². The van der Waals surface area contributed by atoms with Gasteiger partial charge in [0.1, 0.15) is 13.2 Å². The molecule has 1 N–H and O–H groups in total. The van der Waals surface area contributed by atoms with Crippen LogP contribution in [-0.4, -0.2) is 39.2 Å². The van der Waals surface area contributed by atoms with Crippen molar-refractivity contribution in [1.29, 1.82) is 0 Å². The first-order valence-electron chi connectivity index (χ1n) is 8.60. The smallest absolute Gasteiger partial charge is 0.310 e. The number of hydrogen-bond donors (Lipinski definition) is 1. The molecule has 2 rings (SSSR count). The standard InChI is InChI=1S/C18H29NO4/c1-18(2)7-5-6-12-10-14(13(16(20)21)11-15(12)18)17(22)23-9-8-19(3)4/h13-14H,5-11H2,1-4H3,(H,20,21)/t13-,14-/m0/s1. The van der Waals surface area contributed by atoms with Gasteiger partial charge in [-0.05, 0) is 37.5 Å². The normalized spacial score (nSPS) is 26.8. The Morgan fingerprint density at radius 3 is 2.57 bits per heavy atom. The number of carbonyl (C=O) groups excluding carboxylic acids is 2. The molecule has 23 heavy (non-hydrogen) atoms. The maximum Gasteiger partial charge on any atom is 0.310 e. The first-order valence-corrected chi connectivity index (χ1v) is 8.60. The molecule has 0 aromatic heterocycles. The molecule has 2 aliphatic rings. The van der Waals surface area contributed by atoms with Crippen LogP contribution in [0.4, 0.5) is 0 Å². The van der Waals surface area contributed by atoms with Crippen LogP contribution in [0.1, 0.15) is 46.0 Å². The van der Waals surface area contributed by atoms with E-state index in [-0.39, 0.29) is 11.4 Å². The molecule has 0 saturated carbocycles. The number of ether oxygens (including phenoxy) is 1. The van der Waals surface area contributed by atoms with Gasteiger partial charge in [-0.25, -0.2) is 0 Å². The van der Waals surface area contributed by atoms with E-state index in [4.69, 9.17) is 4.74 Å². The van der Waals surface area contributed by atoms with E-state index < -0.39 is 17.8 Å². The Bertz CT molecular complexity index is 507. The van der Waals surface area contributed by atoms with E-state index in [9.17, 15) is 14.7 Å². The molecule has 5 heteroatoms. The number of rotatable bonds is 5. The quantitative estimate of drug-likeness (QED) is 0.569. The second-order valence-corrected chi connectivity index (χ2v) is 7.88. The van der Waals surface area contributed by atoms with E-state index in [1.807, 2.05) is 14.1 Å². The second kappa shape index (κ2) is 7.04. The molecule has 0 heterocycles. The minimum atomic E-state index is -1.13. The Labute approximate surface area is 138 Å². The van der Waals surface area contributed by atoms with Crippen molar-refractivity contribution in [2.75, 3.05) is 27.2 Å². The first-order chi connectivity index (χ1) is 10.7. The number of esters is 1. The van der Waals surface area contributed by atoms with Crippen molar-refractivity contribution in [3.8, 4) is 0 Å². The van der Waals surface area contributed by atoms with Gasteiger partial charge in [0.25, 0.3) is 0 Å². The van der Waals surface area contributed by atoms with Gasteiger partial charge in [0.15, 0.2) is 0 Å². The van der Waals surface area contributed by atoms with Crippen molar-refractivity contribution < 1.29 is 24.3 Å². The summed E-state index contributed by atoms with van der Waals surface area (Å²) in [7, 11) is 3.97. The Morgan fingerprint density at radius 1 is 1.26 bits per heavy atom. The van der Waals surface area contributed by atoms with Crippen LogP contribution in [-0.2, 0) is 14.3 Å². The van der Waals surface area contributed by atoms with Gasteiger partial charge in [0.2, 0.25) is 0 Å². The first kappa shape index (κ1) is 18.0. The molecule has 2 atom stereocenters. The Hall–Kier alpha value is -1.36. The maximum atomic E-state index is 12.4. The van der Waals surface area contributed by atoms with Crippen LogP contribution >= 0.6 is 0 Å². The van der Waals surface area contributed by atoms with Crippen molar-refractivity contribution in [3.05, 3.63) is 11.1 Å². The summed E-state index contributed by atoms with van der Waals surface area (Å²) < 4.78 is 5.33. The monoisotopic (exact) mass is 323 g/mol. The molecule has 0 aromatic carbocycles. The predicted octanol–water partition coefficient (Wildman–Crippen LogP) is -0.0431. The van der Waals surface area contributed by atoms with Crippen LogP contribution in [0.25, 0.3) is 0 Å². The number of carbonyl (C=O) groups is 2. The van der Waals surface area contributed by atoms with Crippen LogP contribution in [0.15, 0.2) is 11.1 Å². The Morgan fingerprint density at radius 2 is 1.96 bits per heavy atom.